The minimum absolute atomic E-state index is 0.171. The van der Waals surface area contributed by atoms with Gasteiger partial charge in [0.25, 0.3) is 0 Å². The summed E-state index contributed by atoms with van der Waals surface area (Å²) >= 11 is 1.19. The zero-order valence-electron chi connectivity index (χ0n) is 18.9. The van der Waals surface area contributed by atoms with Gasteiger partial charge in [-0.15, -0.1) is 0 Å². The molecule has 1 heterocycles. The number of ether oxygens (including phenoxy) is 2. The Labute approximate surface area is 207 Å². The predicted octanol–water partition coefficient (Wildman–Crippen LogP) is 5.46. The van der Waals surface area contributed by atoms with Crippen LogP contribution in [-0.2, 0) is 23.6 Å². The van der Waals surface area contributed by atoms with Crippen molar-refractivity contribution in [2.75, 3.05) is 19.1 Å². The second-order valence-corrected chi connectivity index (χ2v) is 10.6. The van der Waals surface area contributed by atoms with Crippen LogP contribution in [0.3, 0.4) is 0 Å². The summed E-state index contributed by atoms with van der Waals surface area (Å²) in [6.07, 6.45) is 0.997. The Morgan fingerprint density at radius 1 is 0.829 bits per heavy atom. The molecule has 4 rings (SSSR count). The Morgan fingerprint density at radius 3 is 1.91 bits per heavy atom. The van der Waals surface area contributed by atoms with Gasteiger partial charge in [-0.1, -0.05) is 60.3 Å². The van der Waals surface area contributed by atoms with Gasteiger partial charge in [-0.2, -0.15) is 0 Å². The number of anilines is 1. The molecule has 0 aliphatic carbocycles. The maximum atomic E-state index is 14.6. The molecule has 1 aliphatic rings. The zero-order chi connectivity index (χ0) is 24.8. The van der Waals surface area contributed by atoms with Gasteiger partial charge in [-0.3, -0.25) is 0 Å². The summed E-state index contributed by atoms with van der Waals surface area (Å²) in [6.45, 7) is 0. The summed E-state index contributed by atoms with van der Waals surface area (Å²) in [5, 5.41) is -1.07. The number of fused-ring (bicyclic) bond motifs is 1. The lowest BCUT2D eigenvalue weighted by atomic mass is 10.2. The van der Waals surface area contributed by atoms with E-state index >= 15 is 0 Å². The maximum absolute atomic E-state index is 14.6. The molecule has 0 N–H and O–H groups in total. The molecular formula is C25H22NO7PS. The molecule has 0 radical (unpaired) electrons. The molecule has 1 atom stereocenters. The van der Waals surface area contributed by atoms with Crippen molar-refractivity contribution in [3.63, 3.8) is 0 Å². The van der Waals surface area contributed by atoms with E-state index in [0.29, 0.717) is 22.1 Å². The monoisotopic (exact) mass is 511 g/mol. The van der Waals surface area contributed by atoms with E-state index < -0.39 is 24.6 Å². The Hall–Kier alpha value is -3.68. The second kappa shape index (κ2) is 10.7. The van der Waals surface area contributed by atoms with Crippen molar-refractivity contribution in [2.24, 2.45) is 0 Å². The Bertz CT molecular complexity index is 1240. The first-order valence-corrected chi connectivity index (χ1v) is 13.0. The lowest BCUT2D eigenvalue weighted by molar-refractivity contribution is -0.138. The van der Waals surface area contributed by atoms with E-state index in [2.05, 4.69) is 0 Å². The highest BCUT2D eigenvalue weighted by atomic mass is 32.2. The highest BCUT2D eigenvalue weighted by Crippen LogP contribution is 2.64. The van der Waals surface area contributed by atoms with E-state index in [4.69, 9.17) is 18.5 Å². The number of carbonyl (C=O) groups excluding carboxylic acids is 2. The standard InChI is InChI=1S/C25H22NO7PS/c1-30-23(27)17-21(24(28)31-2)26-20-15-9-10-16-22(20)35-25(26)34(29,32-18-11-5-3-6-12-18)33-19-13-7-4-8-14-19/h3-17,25H,1-2H3/b21-17+. The third kappa shape index (κ3) is 5.37. The van der Waals surface area contributed by atoms with E-state index in [1.807, 2.05) is 12.1 Å². The lowest BCUT2D eigenvalue weighted by Gasteiger charge is -2.32. The molecule has 0 fully saturated rings. The summed E-state index contributed by atoms with van der Waals surface area (Å²) in [5.74, 6) is -0.954. The van der Waals surface area contributed by atoms with Gasteiger partial charge >= 0.3 is 19.5 Å². The zero-order valence-corrected chi connectivity index (χ0v) is 20.6. The molecule has 1 aliphatic heterocycles. The summed E-state index contributed by atoms with van der Waals surface area (Å²) in [5.41, 5.74) is 0.368. The van der Waals surface area contributed by atoms with Crippen molar-refractivity contribution in [3.05, 3.63) is 96.7 Å². The van der Waals surface area contributed by atoms with Crippen LogP contribution in [0.25, 0.3) is 0 Å². The predicted molar refractivity (Wildman–Crippen MR) is 132 cm³/mol. The fraction of sp³-hybridized carbons (Fsp3) is 0.120. The Morgan fingerprint density at radius 2 is 1.37 bits per heavy atom. The van der Waals surface area contributed by atoms with Crippen LogP contribution in [0.5, 0.6) is 11.5 Å². The number of methoxy groups -OCH3 is 2. The molecule has 0 aromatic heterocycles. The first kappa shape index (κ1) is 24.4. The van der Waals surface area contributed by atoms with E-state index in [0.717, 1.165) is 6.08 Å². The van der Waals surface area contributed by atoms with Crippen molar-refractivity contribution in [2.45, 2.75) is 10.0 Å². The van der Waals surface area contributed by atoms with E-state index in [-0.39, 0.29) is 5.70 Å². The van der Waals surface area contributed by atoms with Crippen LogP contribution in [-0.4, -0.2) is 31.3 Å². The molecule has 0 spiro atoms. The van der Waals surface area contributed by atoms with Crippen LogP contribution < -0.4 is 13.9 Å². The van der Waals surface area contributed by atoms with Crippen LogP contribution >= 0.6 is 19.4 Å². The molecule has 35 heavy (non-hydrogen) atoms. The van der Waals surface area contributed by atoms with E-state index in [9.17, 15) is 14.2 Å². The van der Waals surface area contributed by atoms with Gasteiger partial charge in [0.05, 0.1) is 26.0 Å². The van der Waals surface area contributed by atoms with Crippen molar-refractivity contribution in [1.82, 2.24) is 0 Å². The number of esters is 2. The molecule has 1 unspecified atom stereocenters. The van der Waals surface area contributed by atoms with E-state index in [1.165, 1.54) is 30.9 Å². The number of carbonyl (C=O) groups is 2. The van der Waals surface area contributed by atoms with Crippen LogP contribution in [0, 0.1) is 0 Å². The fourth-order valence-corrected chi connectivity index (χ4v) is 7.06. The first-order valence-electron chi connectivity index (χ1n) is 10.5. The number of benzene rings is 3. The minimum Gasteiger partial charge on any atom is -0.466 e. The Kier molecular flexibility index (Phi) is 7.48. The van der Waals surface area contributed by atoms with Gasteiger partial charge in [-0.25, -0.2) is 14.2 Å². The van der Waals surface area contributed by atoms with Crippen molar-refractivity contribution < 1.29 is 32.7 Å². The largest absolute Gasteiger partial charge is 0.466 e. The molecule has 0 saturated carbocycles. The second-order valence-electron chi connectivity index (χ2n) is 7.17. The van der Waals surface area contributed by atoms with Gasteiger partial charge in [0, 0.05) is 4.90 Å². The third-order valence-corrected chi connectivity index (χ3v) is 8.72. The smallest absolute Gasteiger partial charge is 0.464 e. The topological polar surface area (TPSA) is 91.4 Å². The molecule has 0 amide bonds. The van der Waals surface area contributed by atoms with Gasteiger partial charge in [0.1, 0.15) is 17.2 Å². The average molecular weight is 511 g/mol. The van der Waals surface area contributed by atoms with Gasteiger partial charge in [-0.05, 0) is 36.4 Å². The molecule has 3 aromatic rings. The quantitative estimate of drug-likeness (QED) is 0.222. The third-order valence-electron chi connectivity index (χ3n) is 4.91. The molecule has 0 bridgehead atoms. The number of rotatable bonds is 8. The van der Waals surface area contributed by atoms with Crippen molar-refractivity contribution in [1.29, 1.82) is 0 Å². The highest BCUT2D eigenvalue weighted by molar-refractivity contribution is 8.06. The fourth-order valence-electron chi connectivity index (χ4n) is 3.36. The van der Waals surface area contributed by atoms with Crippen molar-refractivity contribution >= 4 is 37.0 Å². The molecule has 3 aromatic carbocycles. The molecule has 0 saturated heterocycles. The number of hydrogen-bond acceptors (Lipinski definition) is 9. The van der Waals surface area contributed by atoms with Crippen LogP contribution in [0.1, 0.15) is 0 Å². The summed E-state index contributed by atoms with van der Waals surface area (Å²) in [7, 11) is -1.73. The minimum atomic E-state index is -4.12. The van der Waals surface area contributed by atoms with Crippen molar-refractivity contribution in [3.8, 4) is 11.5 Å². The summed E-state index contributed by atoms with van der Waals surface area (Å²) < 4.78 is 36.3. The number of thioether (sulfide) groups is 1. The summed E-state index contributed by atoms with van der Waals surface area (Å²) in [4.78, 5) is 27.2. The van der Waals surface area contributed by atoms with Crippen LogP contribution in [0.2, 0.25) is 0 Å². The molecular weight excluding hydrogens is 489 g/mol. The summed E-state index contributed by atoms with van der Waals surface area (Å²) in [6, 6.07) is 24.3. The van der Waals surface area contributed by atoms with Gasteiger partial charge < -0.3 is 23.4 Å². The first-order chi connectivity index (χ1) is 16.9. The SMILES string of the molecule is COC(=O)/C=C(\C(=O)OC)N1c2ccccc2SC1P(=O)(Oc1ccccc1)Oc1ccccc1. The van der Waals surface area contributed by atoms with Crippen LogP contribution in [0.15, 0.2) is 102 Å². The average Bonchev–Trinajstić information content (AvgIpc) is 3.28. The highest BCUT2D eigenvalue weighted by Gasteiger charge is 2.51. The Balaban J connectivity index is 1.87. The van der Waals surface area contributed by atoms with Crippen LogP contribution in [0.4, 0.5) is 5.69 Å². The lowest BCUT2D eigenvalue weighted by Crippen LogP contribution is -2.35. The molecule has 8 nitrogen and oxygen atoms in total. The normalized spacial score (nSPS) is 15.2. The number of hydrogen-bond donors (Lipinski definition) is 0. The number of para-hydroxylation sites is 3. The molecule has 180 valence electrons. The maximum Gasteiger partial charge on any atom is 0.464 e. The van der Waals surface area contributed by atoms with E-state index in [1.54, 1.807) is 72.8 Å². The molecule has 10 heteroatoms. The number of nitrogens with zero attached hydrogens (tertiary/aromatic N) is 1. The van der Waals surface area contributed by atoms with Gasteiger partial charge in [0.2, 0.25) is 5.11 Å². The van der Waals surface area contributed by atoms with Gasteiger partial charge in [0.15, 0.2) is 0 Å².